The van der Waals surface area contributed by atoms with Gasteiger partial charge in [0.05, 0.1) is 0 Å². The first-order valence-electron chi connectivity index (χ1n) is 7.03. The summed E-state index contributed by atoms with van der Waals surface area (Å²) in [6.45, 7) is -0.739. The van der Waals surface area contributed by atoms with Crippen LogP contribution < -0.4 is 0 Å². The van der Waals surface area contributed by atoms with Gasteiger partial charge >= 0.3 is 59.3 Å². The molecule has 1 N–H and O–H groups in total. The minimum atomic E-state index is -9.01. The van der Waals surface area contributed by atoms with Gasteiger partial charge in [-0.2, -0.15) is 79.0 Å². The highest BCUT2D eigenvalue weighted by Gasteiger charge is 2.97. The van der Waals surface area contributed by atoms with E-state index in [9.17, 15) is 88.6 Å². The molecule has 0 unspecified atom stereocenters. The SMILES string of the molecule is CC(=O)C(F)(F)C(F)(F)C(F)(F)C(F)(F)C(F)(F)C(F)(F)C(F)(F)C(F)(F)C(F)(F)C(=O)O. The smallest absolute Gasteiger partial charge is 0.410 e. The number of alkyl halides is 18. The van der Waals surface area contributed by atoms with Gasteiger partial charge in [0.25, 0.3) is 0 Å². The lowest BCUT2D eigenvalue weighted by atomic mass is 9.86. The maximum atomic E-state index is 13.4. The lowest BCUT2D eigenvalue weighted by molar-refractivity contribution is -0.458. The summed E-state index contributed by atoms with van der Waals surface area (Å²) in [7, 11) is 0. The Morgan fingerprint density at radius 1 is 0.424 bits per heavy atom. The van der Waals surface area contributed by atoms with Crippen LogP contribution in [-0.2, 0) is 9.59 Å². The van der Waals surface area contributed by atoms with Crippen molar-refractivity contribution in [2.24, 2.45) is 0 Å². The topological polar surface area (TPSA) is 54.4 Å². The number of Topliss-reactive ketones (excluding diaryl/α,β-unsaturated/α-hetero) is 1. The summed E-state index contributed by atoms with van der Waals surface area (Å²) in [4.78, 5) is 20.2. The third kappa shape index (κ3) is 3.46. The molecule has 0 aromatic heterocycles. The number of ketones is 1. The number of hydrogen-bond acceptors (Lipinski definition) is 2. The monoisotopic (exact) mass is 538 g/mol. The van der Waals surface area contributed by atoms with Crippen LogP contribution in [-0.4, -0.2) is 70.2 Å². The van der Waals surface area contributed by atoms with Crippen LogP contribution in [0.1, 0.15) is 6.92 Å². The van der Waals surface area contributed by atoms with E-state index in [0.717, 1.165) is 0 Å². The Hall–Kier alpha value is -2.12. The van der Waals surface area contributed by atoms with E-state index in [1.807, 2.05) is 0 Å². The Morgan fingerprint density at radius 3 is 0.788 bits per heavy atom. The summed E-state index contributed by atoms with van der Waals surface area (Å²) in [6, 6.07) is 0. The predicted octanol–water partition coefficient (Wildman–Crippen LogP) is 5.38. The molecule has 0 aromatic carbocycles. The van der Waals surface area contributed by atoms with E-state index < -0.39 is 72.0 Å². The standard InChI is InChI=1S/C12H4F18O3/c1-2(31)4(13,14)6(17,18)8(21,22)10(25,26)12(29,30)11(27,28)9(23,24)7(19,20)5(15,16)3(32)33/h1H3,(H,32,33). The molecule has 0 amide bonds. The summed E-state index contributed by atoms with van der Waals surface area (Å²) in [5.74, 6) is -83.2. The molecule has 0 saturated carbocycles. The molecule has 0 bridgehead atoms. The van der Waals surface area contributed by atoms with Crippen molar-refractivity contribution in [3.63, 3.8) is 0 Å². The molecule has 3 nitrogen and oxygen atoms in total. The molecule has 0 aliphatic carbocycles. The number of carbonyl (C=O) groups is 2. The Kier molecular flexibility index (Phi) is 6.96. The minimum absolute atomic E-state index is 0.739. The minimum Gasteiger partial charge on any atom is -0.477 e. The molecule has 0 radical (unpaired) electrons. The number of rotatable bonds is 10. The van der Waals surface area contributed by atoms with Crippen LogP contribution in [0.15, 0.2) is 0 Å². The van der Waals surface area contributed by atoms with Crippen molar-refractivity contribution in [3.05, 3.63) is 0 Å². The molecule has 196 valence electrons. The van der Waals surface area contributed by atoms with Gasteiger partial charge in [0.1, 0.15) is 0 Å². The maximum absolute atomic E-state index is 13.4. The first-order valence-corrected chi connectivity index (χ1v) is 7.03. The second-order valence-corrected chi connectivity index (χ2v) is 6.03. The fraction of sp³-hybridized carbons (Fsp3) is 0.833. The summed E-state index contributed by atoms with van der Waals surface area (Å²) >= 11 is 0. The molecular weight excluding hydrogens is 534 g/mol. The van der Waals surface area contributed by atoms with Crippen LogP contribution in [0.25, 0.3) is 0 Å². The Balaban J connectivity index is 7.06. The van der Waals surface area contributed by atoms with Crippen LogP contribution in [0, 0.1) is 0 Å². The predicted molar refractivity (Wildman–Crippen MR) is 62.8 cm³/mol. The normalized spacial score (nSPS) is 16.1. The molecule has 0 spiro atoms. The van der Waals surface area contributed by atoms with Gasteiger partial charge < -0.3 is 5.11 Å². The maximum Gasteiger partial charge on any atom is 0.410 e. The number of aliphatic carboxylic acids is 1. The summed E-state index contributed by atoms with van der Waals surface area (Å²) in [6.07, 6.45) is 0. The quantitative estimate of drug-likeness (QED) is 0.381. The van der Waals surface area contributed by atoms with Crippen LogP contribution in [0.2, 0.25) is 0 Å². The van der Waals surface area contributed by atoms with Crippen molar-refractivity contribution >= 4 is 11.8 Å². The van der Waals surface area contributed by atoms with Gasteiger partial charge in [0, 0.05) is 6.92 Å². The van der Waals surface area contributed by atoms with E-state index in [1.54, 1.807) is 0 Å². The van der Waals surface area contributed by atoms with Crippen LogP contribution >= 0.6 is 0 Å². The highest BCUT2D eigenvalue weighted by Crippen LogP contribution is 2.65. The lowest BCUT2D eigenvalue weighted by Crippen LogP contribution is -2.76. The number of carbonyl (C=O) groups excluding carboxylic acids is 1. The van der Waals surface area contributed by atoms with Crippen LogP contribution in [0.4, 0.5) is 79.0 Å². The van der Waals surface area contributed by atoms with Crippen LogP contribution in [0.5, 0.6) is 0 Å². The lowest BCUT2D eigenvalue weighted by Gasteiger charge is -2.43. The van der Waals surface area contributed by atoms with Crippen molar-refractivity contribution in [1.82, 2.24) is 0 Å². The molecule has 0 rings (SSSR count). The van der Waals surface area contributed by atoms with E-state index >= 15 is 0 Å². The fourth-order valence-electron chi connectivity index (χ4n) is 1.74. The first-order chi connectivity index (χ1) is 13.9. The summed E-state index contributed by atoms with van der Waals surface area (Å²) in [5, 5.41) is 7.67. The molecular formula is C12H4F18O3. The zero-order valence-electron chi connectivity index (χ0n) is 14.6. The molecule has 33 heavy (non-hydrogen) atoms. The number of hydrogen-bond donors (Lipinski definition) is 1. The zero-order chi connectivity index (χ0) is 27.7. The first kappa shape index (κ1) is 30.9. The van der Waals surface area contributed by atoms with E-state index in [4.69, 9.17) is 5.11 Å². The van der Waals surface area contributed by atoms with Gasteiger partial charge in [-0.05, 0) is 0 Å². The van der Waals surface area contributed by atoms with Gasteiger partial charge in [-0.1, -0.05) is 0 Å². The fourth-order valence-corrected chi connectivity index (χ4v) is 1.74. The third-order valence-electron chi connectivity index (χ3n) is 3.87. The van der Waals surface area contributed by atoms with Gasteiger partial charge in [0.2, 0.25) is 5.78 Å². The zero-order valence-corrected chi connectivity index (χ0v) is 14.6. The summed E-state index contributed by atoms with van der Waals surface area (Å²) in [5.41, 5.74) is 0. The molecule has 0 aliphatic rings. The molecule has 0 heterocycles. The molecule has 0 aliphatic heterocycles. The van der Waals surface area contributed by atoms with Gasteiger partial charge in [-0.25, -0.2) is 4.79 Å². The van der Waals surface area contributed by atoms with Crippen molar-refractivity contribution in [3.8, 4) is 0 Å². The van der Waals surface area contributed by atoms with E-state index in [0.29, 0.717) is 0 Å². The Labute approximate surface area is 167 Å². The Bertz CT molecular complexity index is 733. The van der Waals surface area contributed by atoms with E-state index in [-0.39, 0.29) is 0 Å². The highest BCUT2D eigenvalue weighted by atomic mass is 19.4. The number of carboxylic acids is 1. The molecule has 21 heteroatoms. The van der Waals surface area contributed by atoms with Crippen molar-refractivity contribution in [2.75, 3.05) is 0 Å². The largest absolute Gasteiger partial charge is 0.477 e. The Morgan fingerprint density at radius 2 is 0.606 bits per heavy atom. The van der Waals surface area contributed by atoms with Gasteiger partial charge in [-0.15, -0.1) is 0 Å². The second kappa shape index (κ2) is 7.44. The number of halogens is 18. The molecule has 0 saturated heterocycles. The number of carboxylic acid groups (broad SMARTS) is 1. The van der Waals surface area contributed by atoms with E-state index in [1.165, 1.54) is 0 Å². The van der Waals surface area contributed by atoms with Crippen LogP contribution in [0.3, 0.4) is 0 Å². The molecule has 0 aromatic rings. The highest BCUT2D eigenvalue weighted by molar-refractivity contribution is 5.84. The molecule has 0 fully saturated rings. The van der Waals surface area contributed by atoms with Crippen molar-refractivity contribution in [1.29, 1.82) is 0 Å². The van der Waals surface area contributed by atoms with Gasteiger partial charge in [0.15, 0.2) is 0 Å². The van der Waals surface area contributed by atoms with E-state index in [2.05, 4.69) is 0 Å². The third-order valence-corrected chi connectivity index (χ3v) is 3.87. The average Bonchev–Trinajstić information content (AvgIpc) is 2.59. The summed E-state index contributed by atoms with van der Waals surface area (Å²) < 4.78 is 237. The second-order valence-electron chi connectivity index (χ2n) is 6.03. The van der Waals surface area contributed by atoms with Gasteiger partial charge in [-0.3, -0.25) is 4.79 Å². The van der Waals surface area contributed by atoms with Crippen molar-refractivity contribution < 1.29 is 93.7 Å². The molecule has 0 atom stereocenters. The van der Waals surface area contributed by atoms with Crippen molar-refractivity contribution in [2.45, 2.75) is 60.2 Å². The average molecular weight is 538 g/mol.